The van der Waals surface area contributed by atoms with Gasteiger partial charge in [0.05, 0.1) is 12.0 Å². The minimum absolute atomic E-state index is 0.0111. The minimum Gasteiger partial charge on any atom is -0.391 e. The van der Waals surface area contributed by atoms with Crippen LogP contribution >= 0.6 is 0 Å². The molecule has 0 spiro atoms. The Morgan fingerprint density at radius 3 is 2.18 bits per heavy atom. The Labute approximate surface area is 197 Å². The van der Waals surface area contributed by atoms with Gasteiger partial charge in [0.1, 0.15) is 6.04 Å². The lowest BCUT2D eigenvalue weighted by Gasteiger charge is -2.21. The Bertz CT molecular complexity index is 1070. The highest BCUT2D eigenvalue weighted by Crippen LogP contribution is 2.15. The second-order valence-electron chi connectivity index (χ2n) is 8.11. The zero-order chi connectivity index (χ0) is 24.5. The van der Waals surface area contributed by atoms with Crippen molar-refractivity contribution >= 4 is 23.4 Å². The quantitative estimate of drug-likeness (QED) is 0.214. The maximum absolute atomic E-state index is 12.3. The lowest BCUT2D eigenvalue weighted by molar-refractivity contribution is -0.133. The number of aliphatic hydroxyl groups is 1. The van der Waals surface area contributed by atoms with Crippen molar-refractivity contribution in [1.82, 2.24) is 16.1 Å². The smallest absolute Gasteiger partial charge is 0.268 e. The summed E-state index contributed by atoms with van der Waals surface area (Å²) < 4.78 is 0. The van der Waals surface area contributed by atoms with Gasteiger partial charge < -0.3 is 21.1 Å². The lowest BCUT2D eigenvalue weighted by Crippen LogP contribution is -2.51. The number of benzene rings is 2. The molecule has 2 aromatic carbocycles. The SMILES string of the molecule is C[C@@H](O)[C@H](NC(=O)c1ccc(C#Cc2ccc(NC(=O)C3CCCNC3)cc2)cc1)C(=O)NO. The number of hydroxylamine groups is 1. The Morgan fingerprint density at radius 2 is 1.65 bits per heavy atom. The fourth-order valence-corrected chi connectivity index (χ4v) is 3.51. The van der Waals surface area contributed by atoms with Crippen molar-refractivity contribution in [1.29, 1.82) is 0 Å². The van der Waals surface area contributed by atoms with E-state index in [1.165, 1.54) is 12.4 Å². The summed E-state index contributed by atoms with van der Waals surface area (Å²) in [6, 6.07) is 12.4. The zero-order valence-electron chi connectivity index (χ0n) is 18.8. The summed E-state index contributed by atoms with van der Waals surface area (Å²) in [4.78, 5) is 36.2. The van der Waals surface area contributed by atoms with Gasteiger partial charge in [-0.2, -0.15) is 0 Å². The summed E-state index contributed by atoms with van der Waals surface area (Å²) in [5.74, 6) is 4.57. The van der Waals surface area contributed by atoms with Crippen LogP contribution in [0.15, 0.2) is 48.5 Å². The van der Waals surface area contributed by atoms with Gasteiger partial charge >= 0.3 is 0 Å². The van der Waals surface area contributed by atoms with Crippen LogP contribution in [0.25, 0.3) is 0 Å². The molecule has 3 atom stereocenters. The molecular weight excluding hydrogens is 436 g/mol. The van der Waals surface area contributed by atoms with E-state index in [9.17, 15) is 19.5 Å². The van der Waals surface area contributed by atoms with Crippen LogP contribution in [-0.4, -0.2) is 53.3 Å². The van der Waals surface area contributed by atoms with E-state index in [-0.39, 0.29) is 17.4 Å². The van der Waals surface area contributed by atoms with E-state index < -0.39 is 24.0 Å². The molecule has 1 saturated heterocycles. The molecule has 6 N–H and O–H groups in total. The predicted molar refractivity (Wildman–Crippen MR) is 126 cm³/mol. The molecule has 1 heterocycles. The number of hydrogen-bond donors (Lipinski definition) is 6. The molecule has 1 aliphatic heterocycles. The van der Waals surface area contributed by atoms with Gasteiger partial charge in [-0.1, -0.05) is 11.8 Å². The molecule has 34 heavy (non-hydrogen) atoms. The Morgan fingerprint density at radius 1 is 1.03 bits per heavy atom. The molecule has 0 aromatic heterocycles. The number of amides is 3. The van der Waals surface area contributed by atoms with Gasteiger partial charge in [0, 0.05) is 28.9 Å². The van der Waals surface area contributed by atoms with Crippen LogP contribution < -0.4 is 21.4 Å². The molecule has 1 aliphatic rings. The second kappa shape index (κ2) is 12.0. The molecule has 1 unspecified atom stereocenters. The Kier molecular flexibility index (Phi) is 8.76. The first kappa shape index (κ1) is 24.9. The number of piperidine rings is 1. The summed E-state index contributed by atoms with van der Waals surface area (Å²) in [7, 11) is 0. The molecule has 3 amide bonds. The van der Waals surface area contributed by atoms with Crippen molar-refractivity contribution in [2.45, 2.75) is 31.9 Å². The van der Waals surface area contributed by atoms with Crippen molar-refractivity contribution < 1.29 is 24.7 Å². The first-order valence-corrected chi connectivity index (χ1v) is 11.0. The number of carbonyl (C=O) groups is 3. The van der Waals surface area contributed by atoms with Crippen molar-refractivity contribution in [2.75, 3.05) is 18.4 Å². The molecule has 3 rings (SSSR count). The predicted octanol–water partition coefficient (Wildman–Crippen LogP) is 1.01. The molecule has 0 bridgehead atoms. The van der Waals surface area contributed by atoms with Crippen molar-refractivity contribution in [3.8, 4) is 11.8 Å². The van der Waals surface area contributed by atoms with E-state index >= 15 is 0 Å². The number of anilines is 1. The van der Waals surface area contributed by atoms with Crippen LogP contribution in [0.1, 0.15) is 41.3 Å². The third kappa shape index (κ3) is 6.89. The van der Waals surface area contributed by atoms with E-state index in [2.05, 4.69) is 27.8 Å². The molecule has 2 aromatic rings. The fraction of sp³-hybridized carbons (Fsp3) is 0.320. The third-order valence-corrected chi connectivity index (χ3v) is 5.48. The van der Waals surface area contributed by atoms with E-state index in [1.807, 2.05) is 24.3 Å². The van der Waals surface area contributed by atoms with Crippen LogP contribution in [0.4, 0.5) is 5.69 Å². The summed E-state index contributed by atoms with van der Waals surface area (Å²) in [6.45, 7) is 2.99. The second-order valence-corrected chi connectivity index (χ2v) is 8.11. The lowest BCUT2D eigenvalue weighted by atomic mass is 9.99. The number of carbonyl (C=O) groups excluding carboxylic acids is 3. The van der Waals surface area contributed by atoms with Crippen LogP contribution in [0.2, 0.25) is 0 Å². The summed E-state index contributed by atoms with van der Waals surface area (Å²) in [5, 5.41) is 26.9. The molecule has 178 valence electrons. The normalized spacial score (nSPS) is 16.9. The Balaban J connectivity index is 1.58. The average molecular weight is 465 g/mol. The molecule has 1 fully saturated rings. The summed E-state index contributed by atoms with van der Waals surface area (Å²) >= 11 is 0. The Hall–Kier alpha value is -3.71. The fourth-order valence-electron chi connectivity index (χ4n) is 3.51. The highest BCUT2D eigenvalue weighted by atomic mass is 16.5. The van der Waals surface area contributed by atoms with E-state index in [0.29, 0.717) is 12.1 Å². The van der Waals surface area contributed by atoms with Crippen LogP contribution in [0.5, 0.6) is 0 Å². The summed E-state index contributed by atoms with van der Waals surface area (Å²) in [5.41, 5.74) is 3.87. The maximum Gasteiger partial charge on any atom is 0.268 e. The van der Waals surface area contributed by atoms with E-state index in [4.69, 9.17) is 5.21 Å². The highest BCUT2D eigenvalue weighted by molar-refractivity contribution is 5.97. The van der Waals surface area contributed by atoms with Gasteiger partial charge in [0.25, 0.3) is 11.8 Å². The van der Waals surface area contributed by atoms with Gasteiger partial charge in [-0.05, 0) is 74.8 Å². The zero-order valence-corrected chi connectivity index (χ0v) is 18.8. The molecule has 0 radical (unpaired) electrons. The summed E-state index contributed by atoms with van der Waals surface area (Å²) in [6.07, 6.45) is 0.703. The van der Waals surface area contributed by atoms with Crippen molar-refractivity contribution in [2.24, 2.45) is 5.92 Å². The largest absolute Gasteiger partial charge is 0.391 e. The van der Waals surface area contributed by atoms with E-state index in [1.54, 1.807) is 24.3 Å². The topological polar surface area (TPSA) is 140 Å². The molecule has 0 aliphatic carbocycles. The molecule has 0 saturated carbocycles. The van der Waals surface area contributed by atoms with Gasteiger partial charge in [-0.3, -0.25) is 19.6 Å². The monoisotopic (exact) mass is 464 g/mol. The van der Waals surface area contributed by atoms with Gasteiger partial charge in [0.15, 0.2) is 0 Å². The van der Waals surface area contributed by atoms with Gasteiger partial charge in [0.2, 0.25) is 5.91 Å². The van der Waals surface area contributed by atoms with Crippen molar-refractivity contribution in [3.05, 3.63) is 65.2 Å². The number of nitrogens with one attached hydrogen (secondary N) is 4. The number of rotatable bonds is 6. The van der Waals surface area contributed by atoms with Crippen LogP contribution in [0.3, 0.4) is 0 Å². The average Bonchev–Trinajstić information content (AvgIpc) is 2.87. The minimum atomic E-state index is -1.29. The van der Waals surface area contributed by atoms with E-state index in [0.717, 1.165) is 30.6 Å². The molecular formula is C25H28N4O5. The van der Waals surface area contributed by atoms with Crippen LogP contribution in [0, 0.1) is 17.8 Å². The highest BCUT2D eigenvalue weighted by Gasteiger charge is 2.25. The first-order chi connectivity index (χ1) is 16.4. The van der Waals surface area contributed by atoms with Crippen LogP contribution in [-0.2, 0) is 9.59 Å². The molecule has 9 nitrogen and oxygen atoms in total. The number of aliphatic hydroxyl groups excluding tert-OH is 1. The molecule has 9 heteroatoms. The maximum atomic E-state index is 12.3. The first-order valence-electron chi connectivity index (χ1n) is 11.0. The standard InChI is InChI=1S/C25H28N4O5/c1-16(30)22(25(33)29-34)28-23(31)19-10-6-17(7-11-19)4-5-18-8-12-21(13-9-18)27-24(32)20-3-2-14-26-15-20/h6-13,16,20,22,26,30,34H,2-3,14-15H2,1H3,(H,27,32)(H,28,31)(H,29,33)/t16-,20?,22+/m1/s1. The number of hydrogen-bond acceptors (Lipinski definition) is 6. The van der Waals surface area contributed by atoms with Crippen molar-refractivity contribution in [3.63, 3.8) is 0 Å². The third-order valence-electron chi connectivity index (χ3n) is 5.48. The van der Waals surface area contributed by atoms with Gasteiger partial charge in [-0.25, -0.2) is 5.48 Å². The van der Waals surface area contributed by atoms with Gasteiger partial charge in [-0.15, -0.1) is 0 Å².